The van der Waals surface area contributed by atoms with Crippen LogP contribution in [-0.4, -0.2) is 130 Å². The number of imide groups is 2. The fourth-order valence-electron chi connectivity index (χ4n) is 10.8. The van der Waals surface area contributed by atoms with Crippen LogP contribution in [0.2, 0.25) is 0 Å². The molecule has 1 spiro atoms. The van der Waals surface area contributed by atoms with Crippen LogP contribution in [0.25, 0.3) is 11.2 Å². The number of likely N-dealkylation sites (tertiary alicyclic amines) is 1. The molecule has 4 aromatic carbocycles. The number of ether oxygens (including phenoxy) is 4. The van der Waals surface area contributed by atoms with Crippen molar-refractivity contribution in [3.8, 4) is 23.0 Å². The Morgan fingerprint density at radius 2 is 1.45 bits per heavy atom. The monoisotopic (exact) mass is 1180 g/mol. The number of aromatic carboxylic acids is 1. The lowest BCUT2D eigenvalue weighted by Crippen LogP contribution is -2.64. The van der Waals surface area contributed by atoms with Crippen molar-refractivity contribution in [2.24, 2.45) is 27.1 Å². The predicted octanol–water partition coefficient (Wildman–Crippen LogP) is 3.60. The van der Waals surface area contributed by atoms with Gasteiger partial charge in [-0.05, 0) is 93.4 Å². The summed E-state index contributed by atoms with van der Waals surface area (Å²) in [5.74, 6) is 0.126. The highest BCUT2D eigenvalue weighted by molar-refractivity contribution is 7.45. The Morgan fingerprint density at radius 3 is 2.02 bits per heavy atom. The Hall–Kier alpha value is -8.78. The summed E-state index contributed by atoms with van der Waals surface area (Å²) in [6.45, 7) is 8.08. The van der Waals surface area contributed by atoms with Gasteiger partial charge in [0.15, 0.2) is 28.1 Å². The van der Waals surface area contributed by atoms with Gasteiger partial charge in [-0.25, -0.2) is 23.9 Å². The second kappa shape index (κ2) is 27.1. The standard InChI is InChI=1S/C18H21NO3.C12H12N2O3.C10H13NO2.C9H8O4.C8H10N4O2.H3O4P/c1-19-8-7-18-11-4-5-13(20)17(18)22-16-14(21-2)6-3-10(15(16)18)9-12(11)19;1-2-12(8-6-4-3-5-7-8)9(15)13-11(17)14-10(12)16;1-3-13-10-6-4-9(5-7-10)11-8(2)12;1-6(10)13-8-5-3-2-4-7(8)9(11)12;1-10-4-9-6-5(10)7(13)12(3)8(14)11(6)2;1-5(2,3)4/h3-6,11-13,17,20H,7-9H2,1-2H3;3-7H,2H2,1H3,(H2,13,14,15,16,17);4-7H,3H2,1-2H3,(H,11,12);2-5H,1H3,(H,11,12);4H,1-3H3;(H3,1,2,3,4)/t11-,12+,13-,17-,18-;;;;;/m0...../s1. The second-order valence-corrected chi connectivity index (χ2v) is 20.8. The van der Waals surface area contributed by atoms with E-state index >= 15 is 0 Å². The van der Waals surface area contributed by atoms with E-state index in [1.165, 1.54) is 55.0 Å². The molecule has 3 aliphatic heterocycles. The van der Waals surface area contributed by atoms with Gasteiger partial charge in [0.25, 0.3) is 5.56 Å². The number of amides is 5. The summed E-state index contributed by atoms with van der Waals surface area (Å²) in [7, 11) is 4.04. The van der Waals surface area contributed by atoms with Gasteiger partial charge in [0, 0.05) is 63.6 Å². The number of benzene rings is 4. The molecular weight excluding hydrogens is 1120 g/mol. The van der Waals surface area contributed by atoms with Crippen LogP contribution in [0.3, 0.4) is 0 Å². The number of esters is 1. The number of nitrogens with one attached hydrogen (secondary N) is 3. The van der Waals surface area contributed by atoms with E-state index in [0.29, 0.717) is 41.7 Å². The third-order valence-corrected chi connectivity index (χ3v) is 14.6. The number of likely N-dealkylation sites (N-methyl/N-ethyl adjacent to an activating group) is 1. The average Bonchev–Trinajstić information content (AvgIpc) is 1.46. The van der Waals surface area contributed by atoms with E-state index in [1.54, 1.807) is 75.2 Å². The first-order chi connectivity index (χ1) is 39.6. The molecule has 27 heteroatoms. The van der Waals surface area contributed by atoms with Gasteiger partial charge in [-0.15, -0.1) is 0 Å². The number of carboxylic acids is 1. The Balaban J connectivity index is 0.000000168. The summed E-state index contributed by atoms with van der Waals surface area (Å²) in [6, 6.07) is 25.9. The molecule has 2 aliphatic carbocycles. The highest BCUT2D eigenvalue weighted by atomic mass is 31.2. The number of piperidine rings is 1. The lowest BCUT2D eigenvalue weighted by atomic mass is 9.53. The van der Waals surface area contributed by atoms with Crippen molar-refractivity contribution in [2.75, 3.05) is 32.6 Å². The molecular formula is C57H67N8O18P. The number of carbonyl (C=O) groups excluding carboxylic acids is 5. The first-order valence-corrected chi connectivity index (χ1v) is 27.7. The number of aromatic nitrogens is 4. The SMILES string of the molecule is CC(=O)Oc1ccccc1C(=O)O.CCC1(c2ccccc2)C(=O)NC(=O)NC1=O.CCOc1ccc(NC(C)=O)cc1.COc1ccc2c3c1O[C@H]1[C@@H](O)C=C[C@H]4[C@@H](C2)N(C)CC[C@@]341.Cn1c(=O)c2c(ncn2C)n(C)c1=O.O=P(O)(O)O. The maximum absolute atomic E-state index is 12.0. The number of anilines is 1. The van der Waals surface area contributed by atoms with Crippen molar-refractivity contribution < 1.29 is 77.2 Å². The summed E-state index contributed by atoms with van der Waals surface area (Å²) >= 11 is 0. The summed E-state index contributed by atoms with van der Waals surface area (Å²) in [4.78, 5) is 118. The predicted molar refractivity (Wildman–Crippen MR) is 305 cm³/mol. The van der Waals surface area contributed by atoms with Gasteiger partial charge >= 0.3 is 31.5 Å². The van der Waals surface area contributed by atoms with E-state index in [0.717, 1.165) is 46.9 Å². The lowest BCUT2D eigenvalue weighted by molar-refractivity contribution is -0.139. The molecule has 5 amide bonds. The summed E-state index contributed by atoms with van der Waals surface area (Å²) < 4.78 is 34.7. The van der Waals surface area contributed by atoms with Crippen LogP contribution >= 0.6 is 7.82 Å². The Kier molecular flexibility index (Phi) is 20.8. The molecule has 5 aliphatic rings. The van der Waals surface area contributed by atoms with Gasteiger partial charge in [-0.3, -0.25) is 43.7 Å². The number of aryl methyl sites for hydroxylation is 2. The number of hydrogen-bond acceptors (Lipinski definition) is 16. The van der Waals surface area contributed by atoms with E-state index < -0.39 is 49.1 Å². The zero-order valence-electron chi connectivity index (χ0n) is 47.5. The quantitative estimate of drug-likeness (QED) is 0.0355. The normalized spacial score (nSPS) is 19.9. The molecule has 448 valence electrons. The molecule has 2 saturated heterocycles. The fraction of sp³-hybridized carbons (Fsp3) is 0.351. The second-order valence-electron chi connectivity index (χ2n) is 19.8. The molecule has 11 rings (SSSR count). The Labute approximate surface area is 481 Å². The first kappa shape index (κ1) is 64.4. The van der Waals surface area contributed by atoms with Crippen LogP contribution in [0.5, 0.6) is 23.0 Å². The van der Waals surface area contributed by atoms with Crippen LogP contribution in [0.4, 0.5) is 10.5 Å². The van der Waals surface area contributed by atoms with Crippen molar-refractivity contribution in [3.05, 3.63) is 153 Å². The van der Waals surface area contributed by atoms with Gasteiger partial charge in [-0.1, -0.05) is 67.6 Å². The first-order valence-electron chi connectivity index (χ1n) is 26.2. The largest absolute Gasteiger partial charge is 0.494 e. The zero-order valence-corrected chi connectivity index (χ0v) is 48.4. The number of methoxy groups -OCH3 is 1. The van der Waals surface area contributed by atoms with Crippen molar-refractivity contribution in [1.82, 2.24) is 34.2 Å². The van der Waals surface area contributed by atoms with E-state index in [1.807, 2.05) is 43.3 Å². The molecule has 5 atom stereocenters. The number of imidazole rings is 1. The topological polar surface area (TPSA) is 359 Å². The minimum Gasteiger partial charge on any atom is -0.494 e. The molecule has 5 heterocycles. The number of aliphatic hydroxyl groups is 1. The highest BCUT2D eigenvalue weighted by Gasteiger charge is 2.64. The number of fused-ring (bicyclic) bond motifs is 1. The molecule has 8 N–H and O–H groups in total. The van der Waals surface area contributed by atoms with Crippen LogP contribution < -0.4 is 46.1 Å². The number of rotatable bonds is 8. The molecule has 2 bridgehead atoms. The number of carbonyl (C=O) groups is 6. The zero-order chi connectivity index (χ0) is 62.0. The molecule has 26 nitrogen and oxygen atoms in total. The van der Waals surface area contributed by atoms with Crippen molar-refractivity contribution in [2.45, 2.75) is 76.0 Å². The molecule has 0 saturated carbocycles. The van der Waals surface area contributed by atoms with Crippen molar-refractivity contribution in [1.29, 1.82) is 0 Å². The van der Waals surface area contributed by atoms with E-state index in [9.17, 15) is 43.5 Å². The van der Waals surface area contributed by atoms with E-state index in [4.69, 9.17) is 38.6 Å². The molecule has 6 aromatic rings. The maximum Gasteiger partial charge on any atom is 0.466 e. The van der Waals surface area contributed by atoms with Crippen molar-refractivity contribution >= 4 is 60.4 Å². The smallest absolute Gasteiger partial charge is 0.466 e. The van der Waals surface area contributed by atoms with Crippen molar-refractivity contribution in [3.63, 3.8) is 0 Å². The third kappa shape index (κ3) is 14.0. The maximum atomic E-state index is 12.0. The fourth-order valence-corrected chi connectivity index (χ4v) is 10.8. The van der Waals surface area contributed by atoms with Crippen LogP contribution in [0.1, 0.15) is 67.6 Å². The lowest BCUT2D eigenvalue weighted by Gasteiger charge is -2.56. The van der Waals surface area contributed by atoms with Gasteiger partial charge in [-0.2, -0.15) is 0 Å². The van der Waals surface area contributed by atoms with E-state index in [2.05, 4.69) is 49.8 Å². The minimum absolute atomic E-state index is 0.0160. The molecule has 2 aromatic heterocycles. The number of hydrogen-bond donors (Lipinski definition) is 8. The van der Waals surface area contributed by atoms with Gasteiger partial charge in [0.05, 0.1) is 20.0 Å². The molecule has 2 fully saturated rings. The Bertz CT molecular complexity index is 3600. The number of nitrogens with zero attached hydrogens (tertiary/aromatic N) is 5. The minimum atomic E-state index is -4.64. The van der Waals surface area contributed by atoms with E-state index in [-0.39, 0.29) is 40.0 Å². The third-order valence-electron chi connectivity index (χ3n) is 14.6. The number of urea groups is 1. The summed E-state index contributed by atoms with van der Waals surface area (Å²) in [6.07, 6.45) is 7.35. The number of phosphoric acid groups is 1. The van der Waals surface area contributed by atoms with Crippen LogP contribution in [0.15, 0.2) is 119 Å². The molecule has 0 radical (unpaired) electrons. The van der Waals surface area contributed by atoms with Gasteiger partial charge in [0.2, 0.25) is 17.7 Å². The van der Waals surface area contributed by atoms with Crippen LogP contribution in [-0.2, 0) is 62.1 Å². The molecule has 0 unspecified atom stereocenters. The van der Waals surface area contributed by atoms with Gasteiger partial charge < -0.3 is 58.6 Å². The Morgan fingerprint density at radius 1 is 0.833 bits per heavy atom. The summed E-state index contributed by atoms with van der Waals surface area (Å²) in [5.41, 5.74) is 2.83. The number of aliphatic hydroxyl groups excluding tert-OH is 1. The number of para-hydroxylation sites is 1. The number of barbiturate groups is 1. The summed E-state index contributed by atoms with van der Waals surface area (Å²) in [5, 5.41) is 26.2. The highest BCUT2D eigenvalue weighted by Crippen LogP contribution is 2.62. The number of carboxylic acid groups (broad SMARTS) is 1. The van der Waals surface area contributed by atoms with Crippen LogP contribution in [0, 0.1) is 5.92 Å². The average molecular weight is 1180 g/mol. The molecule has 84 heavy (non-hydrogen) atoms. The van der Waals surface area contributed by atoms with Gasteiger partial charge in [0.1, 0.15) is 29.3 Å².